The molecule has 0 aliphatic carbocycles. The Hall–Kier alpha value is -1.74. The van der Waals surface area contributed by atoms with Gasteiger partial charge in [-0.25, -0.2) is 4.39 Å². The molecule has 1 aromatic heterocycles. The van der Waals surface area contributed by atoms with Crippen molar-refractivity contribution in [1.82, 2.24) is 4.98 Å². The maximum atomic E-state index is 13.8. The summed E-state index contributed by atoms with van der Waals surface area (Å²) < 4.78 is 13.8. The van der Waals surface area contributed by atoms with Crippen LogP contribution in [0.2, 0.25) is 0 Å². The molecule has 0 atom stereocenters. The van der Waals surface area contributed by atoms with Gasteiger partial charge in [-0.1, -0.05) is 18.2 Å². The van der Waals surface area contributed by atoms with Crippen LogP contribution in [-0.4, -0.2) is 10.1 Å². The Kier molecular flexibility index (Phi) is 2.97. The lowest BCUT2D eigenvalue weighted by atomic mass is 10.1. The molecule has 0 saturated carbocycles. The minimum absolute atomic E-state index is 0.0520. The molecule has 82 valence electrons. The van der Waals surface area contributed by atoms with E-state index in [0.29, 0.717) is 16.8 Å². The first-order valence-electron chi connectivity index (χ1n) is 5.03. The summed E-state index contributed by atoms with van der Waals surface area (Å²) in [6.07, 6.45) is 1.55. The van der Waals surface area contributed by atoms with Crippen molar-refractivity contribution in [2.75, 3.05) is 0 Å². The Morgan fingerprint density at radius 3 is 2.69 bits per heavy atom. The van der Waals surface area contributed by atoms with E-state index in [1.807, 2.05) is 0 Å². The maximum Gasteiger partial charge on any atom is 0.135 e. The van der Waals surface area contributed by atoms with Crippen LogP contribution >= 0.6 is 0 Å². The van der Waals surface area contributed by atoms with Crippen molar-refractivity contribution in [3.63, 3.8) is 0 Å². The van der Waals surface area contributed by atoms with Gasteiger partial charge in [0.2, 0.25) is 0 Å². The van der Waals surface area contributed by atoms with Gasteiger partial charge in [-0.15, -0.1) is 0 Å². The van der Waals surface area contributed by atoms with Crippen LogP contribution in [0.25, 0.3) is 11.3 Å². The summed E-state index contributed by atoms with van der Waals surface area (Å²) in [7, 11) is 0. The summed E-state index contributed by atoms with van der Waals surface area (Å²) in [5, 5.41) is 8.88. The first-order valence-corrected chi connectivity index (χ1v) is 5.03. The average Bonchev–Trinajstić information content (AvgIpc) is 2.33. The Balaban J connectivity index is 2.46. The van der Waals surface area contributed by atoms with E-state index in [1.54, 1.807) is 43.5 Å². The van der Waals surface area contributed by atoms with Crippen LogP contribution in [0.5, 0.6) is 0 Å². The second kappa shape index (κ2) is 4.41. The molecule has 0 unspecified atom stereocenters. The number of pyridine rings is 1. The molecule has 1 N–H and O–H groups in total. The fourth-order valence-corrected chi connectivity index (χ4v) is 1.52. The SMILES string of the molecule is Cc1cccc(-c2ccc(CO)cn2)c1F. The Morgan fingerprint density at radius 1 is 1.25 bits per heavy atom. The number of aromatic nitrogens is 1. The second-order valence-electron chi connectivity index (χ2n) is 3.65. The quantitative estimate of drug-likeness (QED) is 0.839. The topological polar surface area (TPSA) is 33.1 Å². The normalized spacial score (nSPS) is 10.4. The van der Waals surface area contributed by atoms with Crippen molar-refractivity contribution in [1.29, 1.82) is 0 Å². The van der Waals surface area contributed by atoms with E-state index in [0.717, 1.165) is 5.56 Å². The van der Waals surface area contributed by atoms with Crippen LogP contribution in [0.15, 0.2) is 36.5 Å². The van der Waals surface area contributed by atoms with Gasteiger partial charge < -0.3 is 5.11 Å². The van der Waals surface area contributed by atoms with E-state index in [1.165, 1.54) is 0 Å². The minimum atomic E-state index is -0.244. The lowest BCUT2D eigenvalue weighted by Crippen LogP contribution is -1.92. The number of nitrogens with zero attached hydrogens (tertiary/aromatic N) is 1. The highest BCUT2D eigenvalue weighted by Crippen LogP contribution is 2.22. The molecule has 0 saturated heterocycles. The summed E-state index contributed by atoms with van der Waals surface area (Å²) in [6.45, 7) is 1.67. The second-order valence-corrected chi connectivity index (χ2v) is 3.65. The molecular weight excluding hydrogens is 205 g/mol. The smallest absolute Gasteiger partial charge is 0.135 e. The highest BCUT2D eigenvalue weighted by molar-refractivity contribution is 5.60. The highest BCUT2D eigenvalue weighted by atomic mass is 19.1. The predicted molar refractivity (Wildman–Crippen MR) is 60.3 cm³/mol. The number of halogens is 1. The molecule has 3 heteroatoms. The molecule has 2 rings (SSSR count). The van der Waals surface area contributed by atoms with Gasteiger partial charge in [-0.05, 0) is 30.2 Å². The first-order chi connectivity index (χ1) is 7.72. The monoisotopic (exact) mass is 217 g/mol. The number of rotatable bonds is 2. The third kappa shape index (κ3) is 1.95. The van der Waals surface area contributed by atoms with E-state index >= 15 is 0 Å². The summed E-state index contributed by atoms with van der Waals surface area (Å²) in [6, 6.07) is 8.67. The van der Waals surface area contributed by atoms with E-state index in [2.05, 4.69) is 4.98 Å². The fourth-order valence-electron chi connectivity index (χ4n) is 1.52. The fraction of sp³-hybridized carbons (Fsp3) is 0.154. The van der Waals surface area contributed by atoms with Gasteiger partial charge in [0.1, 0.15) is 5.82 Å². The number of hydrogen-bond acceptors (Lipinski definition) is 2. The molecular formula is C13H12FNO. The van der Waals surface area contributed by atoms with Gasteiger partial charge in [-0.3, -0.25) is 4.98 Å². The average molecular weight is 217 g/mol. The van der Waals surface area contributed by atoms with Crippen molar-refractivity contribution in [2.24, 2.45) is 0 Å². The van der Waals surface area contributed by atoms with Gasteiger partial charge in [-0.2, -0.15) is 0 Å². The zero-order valence-electron chi connectivity index (χ0n) is 8.94. The number of benzene rings is 1. The third-order valence-electron chi connectivity index (χ3n) is 2.48. The van der Waals surface area contributed by atoms with Crippen LogP contribution in [0.1, 0.15) is 11.1 Å². The van der Waals surface area contributed by atoms with E-state index in [4.69, 9.17) is 5.11 Å². The number of aliphatic hydroxyl groups excluding tert-OH is 1. The van der Waals surface area contributed by atoms with E-state index < -0.39 is 0 Å². The Labute approximate surface area is 93.4 Å². The lowest BCUT2D eigenvalue weighted by molar-refractivity contribution is 0.281. The molecule has 0 radical (unpaired) electrons. The first kappa shape index (κ1) is 10.8. The largest absolute Gasteiger partial charge is 0.392 e. The Morgan fingerprint density at radius 2 is 2.06 bits per heavy atom. The summed E-state index contributed by atoms with van der Waals surface area (Å²) >= 11 is 0. The molecule has 16 heavy (non-hydrogen) atoms. The zero-order chi connectivity index (χ0) is 11.5. The van der Waals surface area contributed by atoms with Crippen LogP contribution in [0.3, 0.4) is 0 Å². The van der Waals surface area contributed by atoms with Crippen LogP contribution < -0.4 is 0 Å². The number of aliphatic hydroxyl groups is 1. The molecule has 0 aliphatic rings. The number of hydrogen-bond donors (Lipinski definition) is 1. The van der Waals surface area contributed by atoms with E-state index in [9.17, 15) is 4.39 Å². The van der Waals surface area contributed by atoms with Gasteiger partial charge in [0, 0.05) is 11.8 Å². The van der Waals surface area contributed by atoms with Crippen LogP contribution in [0, 0.1) is 12.7 Å². The maximum absolute atomic E-state index is 13.8. The predicted octanol–water partition coefficient (Wildman–Crippen LogP) is 2.69. The van der Waals surface area contributed by atoms with Crippen molar-refractivity contribution in [2.45, 2.75) is 13.5 Å². The van der Waals surface area contributed by atoms with Crippen molar-refractivity contribution in [3.8, 4) is 11.3 Å². The molecule has 2 aromatic rings. The van der Waals surface area contributed by atoms with Gasteiger partial charge in [0.15, 0.2) is 0 Å². The molecule has 0 aliphatic heterocycles. The van der Waals surface area contributed by atoms with Crippen LogP contribution in [0.4, 0.5) is 4.39 Å². The Bertz CT molecular complexity index is 494. The van der Waals surface area contributed by atoms with Gasteiger partial charge in [0.25, 0.3) is 0 Å². The minimum Gasteiger partial charge on any atom is -0.392 e. The van der Waals surface area contributed by atoms with Crippen LogP contribution in [-0.2, 0) is 6.61 Å². The molecule has 2 nitrogen and oxygen atoms in total. The van der Waals surface area contributed by atoms with Crippen molar-refractivity contribution >= 4 is 0 Å². The molecule has 1 heterocycles. The summed E-state index contributed by atoms with van der Waals surface area (Å²) in [5.74, 6) is -0.244. The molecule has 0 fully saturated rings. The van der Waals surface area contributed by atoms with Gasteiger partial charge in [0.05, 0.1) is 12.3 Å². The number of aryl methyl sites for hydroxylation is 1. The third-order valence-corrected chi connectivity index (χ3v) is 2.48. The molecule has 0 spiro atoms. The standard InChI is InChI=1S/C13H12FNO/c1-9-3-2-4-11(13(9)14)12-6-5-10(8-16)7-15-12/h2-7,16H,8H2,1H3. The molecule has 1 aromatic carbocycles. The van der Waals surface area contributed by atoms with Gasteiger partial charge >= 0.3 is 0 Å². The van der Waals surface area contributed by atoms with E-state index in [-0.39, 0.29) is 12.4 Å². The zero-order valence-corrected chi connectivity index (χ0v) is 8.94. The highest BCUT2D eigenvalue weighted by Gasteiger charge is 2.07. The van der Waals surface area contributed by atoms with Crippen molar-refractivity contribution < 1.29 is 9.50 Å². The molecule has 0 bridgehead atoms. The summed E-state index contributed by atoms with van der Waals surface area (Å²) in [4.78, 5) is 4.12. The lowest BCUT2D eigenvalue weighted by Gasteiger charge is -2.05. The molecule has 0 amide bonds. The summed E-state index contributed by atoms with van der Waals surface area (Å²) in [5.41, 5.74) is 2.39. The van der Waals surface area contributed by atoms with Crippen molar-refractivity contribution in [3.05, 3.63) is 53.5 Å².